The molecule has 1 saturated heterocycles. The fourth-order valence-corrected chi connectivity index (χ4v) is 4.39. The zero-order valence-electron chi connectivity index (χ0n) is 17.6. The van der Waals surface area contributed by atoms with Crippen molar-refractivity contribution in [1.29, 1.82) is 0 Å². The van der Waals surface area contributed by atoms with Gasteiger partial charge in [-0.2, -0.15) is 13.2 Å². The smallest absolute Gasteiger partial charge is 0.414 e. The second-order valence-electron chi connectivity index (χ2n) is 7.97. The molecule has 0 aliphatic carbocycles. The number of carbonyl (C=O) groups is 2. The zero-order chi connectivity index (χ0) is 23.6. The zero-order valence-corrected chi connectivity index (χ0v) is 18.3. The number of benzene rings is 2. The second-order valence-corrected chi connectivity index (χ2v) is 8.41. The first kappa shape index (κ1) is 23.4. The molecule has 2 aromatic carbocycles. The summed E-state index contributed by atoms with van der Waals surface area (Å²) in [6.45, 7) is -0.812. The summed E-state index contributed by atoms with van der Waals surface area (Å²) < 4.78 is 48.7. The number of hydrogen-bond acceptors (Lipinski definition) is 4. The van der Waals surface area contributed by atoms with E-state index in [0.717, 1.165) is 11.3 Å². The number of fused-ring (bicyclic) bond motifs is 1. The summed E-state index contributed by atoms with van der Waals surface area (Å²) >= 11 is 5.98. The first-order valence-electron chi connectivity index (χ1n) is 10.5. The standard InChI is InChI=1S/C23H22ClF3N2O4/c24-17-6-3-5-15(12-17)20(33-14-23(25,26)27)21(30)28-10-8-18(9-11-28)29-19-7-2-1-4-16(19)13-32-22(29)31/h1-7,12,18,20H,8-11,13-14H2. The molecule has 0 spiro atoms. The maximum Gasteiger partial charge on any atom is 0.414 e. The number of halogens is 4. The molecule has 33 heavy (non-hydrogen) atoms. The van der Waals surface area contributed by atoms with Gasteiger partial charge >= 0.3 is 12.3 Å². The Bertz CT molecular complexity index is 1020. The van der Waals surface area contributed by atoms with Crippen LogP contribution in [-0.4, -0.2) is 48.8 Å². The number of carbonyl (C=O) groups excluding carboxylic acids is 2. The van der Waals surface area contributed by atoms with Crippen LogP contribution in [0.15, 0.2) is 48.5 Å². The number of piperidine rings is 1. The van der Waals surface area contributed by atoms with Gasteiger partial charge in [-0.3, -0.25) is 9.69 Å². The normalized spacial score (nSPS) is 18.0. The molecule has 0 aromatic heterocycles. The van der Waals surface area contributed by atoms with Gasteiger partial charge in [0.25, 0.3) is 5.91 Å². The molecule has 1 unspecified atom stereocenters. The molecule has 2 heterocycles. The van der Waals surface area contributed by atoms with Gasteiger partial charge in [0.15, 0.2) is 6.10 Å². The van der Waals surface area contributed by atoms with Crippen LogP contribution in [0.1, 0.15) is 30.1 Å². The lowest BCUT2D eigenvalue weighted by Gasteiger charge is -2.40. The lowest BCUT2D eigenvalue weighted by molar-refractivity contribution is -0.191. The summed E-state index contributed by atoms with van der Waals surface area (Å²) in [7, 11) is 0. The van der Waals surface area contributed by atoms with Crippen molar-refractivity contribution in [2.75, 3.05) is 24.6 Å². The lowest BCUT2D eigenvalue weighted by atomic mass is 9.99. The van der Waals surface area contributed by atoms with Gasteiger partial charge in [-0.25, -0.2) is 4.79 Å². The van der Waals surface area contributed by atoms with Crippen LogP contribution in [0, 0.1) is 0 Å². The molecule has 1 fully saturated rings. The molecule has 0 bridgehead atoms. The Balaban J connectivity index is 1.47. The van der Waals surface area contributed by atoms with Gasteiger partial charge in [-0.15, -0.1) is 0 Å². The molecule has 176 valence electrons. The number of hydrogen-bond donors (Lipinski definition) is 0. The number of amides is 2. The molecule has 2 aromatic rings. The average molecular weight is 483 g/mol. The topological polar surface area (TPSA) is 59.1 Å². The van der Waals surface area contributed by atoms with Crippen molar-refractivity contribution in [3.63, 3.8) is 0 Å². The Hall–Kier alpha value is -2.78. The van der Waals surface area contributed by atoms with Crippen LogP contribution >= 0.6 is 11.6 Å². The summed E-state index contributed by atoms with van der Waals surface area (Å²) in [6, 6.07) is 13.3. The highest BCUT2D eigenvalue weighted by atomic mass is 35.5. The quantitative estimate of drug-likeness (QED) is 0.594. The number of alkyl halides is 3. The van der Waals surface area contributed by atoms with Crippen LogP contribution in [0.5, 0.6) is 0 Å². The molecule has 2 aliphatic heterocycles. The molecule has 4 rings (SSSR count). The van der Waals surface area contributed by atoms with Gasteiger partial charge in [-0.1, -0.05) is 41.9 Å². The van der Waals surface area contributed by atoms with E-state index in [4.69, 9.17) is 21.1 Å². The van der Waals surface area contributed by atoms with Crippen molar-refractivity contribution < 1.29 is 32.2 Å². The Morgan fingerprint density at radius 2 is 1.88 bits per heavy atom. The van der Waals surface area contributed by atoms with E-state index >= 15 is 0 Å². The third-order valence-corrected chi connectivity index (χ3v) is 5.96. The maximum atomic E-state index is 13.2. The van der Waals surface area contributed by atoms with Crippen molar-refractivity contribution in [1.82, 2.24) is 4.90 Å². The van der Waals surface area contributed by atoms with Gasteiger partial charge in [-0.05, 0) is 36.6 Å². The number of nitrogens with zero attached hydrogens (tertiary/aromatic N) is 2. The number of likely N-dealkylation sites (tertiary alicyclic amines) is 1. The van der Waals surface area contributed by atoms with E-state index in [2.05, 4.69) is 0 Å². The van der Waals surface area contributed by atoms with E-state index in [0.29, 0.717) is 17.9 Å². The first-order chi connectivity index (χ1) is 15.7. The molecular weight excluding hydrogens is 461 g/mol. The second kappa shape index (κ2) is 9.61. The van der Waals surface area contributed by atoms with Crippen molar-refractivity contribution in [3.05, 3.63) is 64.7 Å². The molecule has 0 N–H and O–H groups in total. The van der Waals surface area contributed by atoms with E-state index in [1.54, 1.807) is 17.0 Å². The van der Waals surface area contributed by atoms with E-state index in [1.807, 2.05) is 24.3 Å². The minimum Gasteiger partial charge on any atom is -0.444 e. The SMILES string of the molecule is O=C(C(OCC(F)(F)F)c1cccc(Cl)c1)N1CCC(N2C(=O)OCc3ccccc32)CC1. The predicted molar refractivity (Wildman–Crippen MR) is 115 cm³/mol. The van der Waals surface area contributed by atoms with Gasteiger partial charge in [0.1, 0.15) is 13.2 Å². The monoisotopic (exact) mass is 482 g/mol. The van der Waals surface area contributed by atoms with E-state index in [9.17, 15) is 22.8 Å². The van der Waals surface area contributed by atoms with E-state index in [-0.39, 0.29) is 31.3 Å². The average Bonchev–Trinajstić information content (AvgIpc) is 2.78. The highest BCUT2D eigenvalue weighted by Crippen LogP contribution is 2.33. The minimum atomic E-state index is -4.58. The highest BCUT2D eigenvalue weighted by molar-refractivity contribution is 6.30. The van der Waals surface area contributed by atoms with Crippen molar-refractivity contribution in [2.24, 2.45) is 0 Å². The molecule has 2 amide bonds. The van der Waals surface area contributed by atoms with Crippen LogP contribution in [-0.2, 0) is 20.9 Å². The fourth-order valence-electron chi connectivity index (χ4n) is 4.19. The molecule has 0 radical (unpaired) electrons. The number of para-hydroxylation sites is 1. The largest absolute Gasteiger partial charge is 0.444 e. The molecule has 1 atom stereocenters. The Kier molecular flexibility index (Phi) is 6.81. The van der Waals surface area contributed by atoms with E-state index in [1.165, 1.54) is 17.0 Å². The Morgan fingerprint density at radius 1 is 1.15 bits per heavy atom. The summed E-state index contributed by atoms with van der Waals surface area (Å²) in [5, 5.41) is 0.293. The molecule has 10 heteroatoms. The van der Waals surface area contributed by atoms with Crippen LogP contribution in [0.25, 0.3) is 0 Å². The van der Waals surface area contributed by atoms with E-state index < -0.39 is 30.9 Å². The third-order valence-electron chi connectivity index (χ3n) is 5.73. The summed E-state index contributed by atoms with van der Waals surface area (Å²) in [6.07, 6.45) is -5.54. The molecule has 6 nitrogen and oxygen atoms in total. The van der Waals surface area contributed by atoms with Crippen LogP contribution in [0.4, 0.5) is 23.7 Å². The number of rotatable bonds is 5. The predicted octanol–water partition coefficient (Wildman–Crippen LogP) is 5.11. The first-order valence-corrected chi connectivity index (χ1v) is 10.9. The lowest BCUT2D eigenvalue weighted by Crippen LogP contribution is -2.51. The number of anilines is 1. The van der Waals surface area contributed by atoms with Gasteiger partial charge < -0.3 is 14.4 Å². The molecule has 2 aliphatic rings. The van der Waals surface area contributed by atoms with Gasteiger partial charge in [0.2, 0.25) is 0 Å². The van der Waals surface area contributed by atoms with Crippen LogP contribution in [0.3, 0.4) is 0 Å². The summed E-state index contributed by atoms with van der Waals surface area (Å²) in [5.74, 6) is -0.568. The summed E-state index contributed by atoms with van der Waals surface area (Å²) in [5.41, 5.74) is 1.94. The number of ether oxygens (including phenoxy) is 2. The summed E-state index contributed by atoms with van der Waals surface area (Å²) in [4.78, 5) is 28.7. The molecule has 0 saturated carbocycles. The van der Waals surface area contributed by atoms with Crippen molar-refractivity contribution >= 4 is 29.3 Å². The van der Waals surface area contributed by atoms with Crippen LogP contribution in [0.2, 0.25) is 5.02 Å². The Morgan fingerprint density at radius 3 is 2.58 bits per heavy atom. The number of cyclic esters (lactones) is 1. The fraction of sp³-hybridized carbons (Fsp3) is 0.391. The third kappa shape index (κ3) is 5.42. The molecular formula is C23H22ClF3N2O4. The van der Waals surface area contributed by atoms with Crippen LogP contribution < -0.4 is 4.90 Å². The van der Waals surface area contributed by atoms with Gasteiger partial charge in [0, 0.05) is 29.7 Å². The van der Waals surface area contributed by atoms with Crippen molar-refractivity contribution in [2.45, 2.75) is 37.8 Å². The van der Waals surface area contributed by atoms with Gasteiger partial charge in [0.05, 0.1) is 5.69 Å². The highest BCUT2D eigenvalue weighted by Gasteiger charge is 2.38. The Labute approximate surface area is 193 Å². The maximum absolute atomic E-state index is 13.2. The van der Waals surface area contributed by atoms with Crippen molar-refractivity contribution in [3.8, 4) is 0 Å². The minimum absolute atomic E-state index is 0.191.